The molecule has 0 bridgehead atoms. The molecule has 0 atom stereocenters. The van der Waals surface area contributed by atoms with Gasteiger partial charge in [0, 0.05) is 11.8 Å². The number of aromatic hydroxyl groups is 1. The van der Waals surface area contributed by atoms with Gasteiger partial charge in [0.2, 0.25) is 0 Å². The predicted molar refractivity (Wildman–Crippen MR) is 92.4 cm³/mol. The zero-order valence-electron chi connectivity index (χ0n) is 12.2. The summed E-state index contributed by atoms with van der Waals surface area (Å²) >= 11 is 0. The zero-order chi connectivity index (χ0) is 14.9. The highest BCUT2D eigenvalue weighted by atomic mass is 16.3. The summed E-state index contributed by atoms with van der Waals surface area (Å²) in [6, 6.07) is 26.8. The van der Waals surface area contributed by atoms with Crippen LogP contribution in [0.2, 0.25) is 0 Å². The minimum absolute atomic E-state index is 0.395. The van der Waals surface area contributed by atoms with Gasteiger partial charge in [0.15, 0.2) is 0 Å². The van der Waals surface area contributed by atoms with Crippen molar-refractivity contribution in [1.82, 2.24) is 0 Å². The lowest BCUT2D eigenvalue weighted by atomic mass is 9.97. The first-order chi connectivity index (χ1) is 10.8. The van der Waals surface area contributed by atoms with Crippen molar-refractivity contribution in [3.05, 3.63) is 90.0 Å². The number of hydrogen-bond acceptors (Lipinski definition) is 1. The third kappa shape index (κ3) is 2.21. The maximum atomic E-state index is 10.7. The average molecular weight is 284 g/mol. The number of phenols is 1. The molecular weight excluding hydrogens is 268 g/mol. The molecule has 1 nitrogen and oxygen atoms in total. The molecule has 0 amide bonds. The number of rotatable bonds is 2. The van der Waals surface area contributed by atoms with E-state index in [4.69, 9.17) is 0 Å². The van der Waals surface area contributed by atoms with Gasteiger partial charge in [-0.05, 0) is 39.4 Å². The monoisotopic (exact) mass is 284 g/mol. The van der Waals surface area contributed by atoms with Gasteiger partial charge in [-0.15, -0.1) is 0 Å². The van der Waals surface area contributed by atoms with Gasteiger partial charge < -0.3 is 5.11 Å². The van der Waals surface area contributed by atoms with Gasteiger partial charge in [-0.1, -0.05) is 66.7 Å². The Hall–Kier alpha value is -2.80. The lowest BCUT2D eigenvalue weighted by molar-refractivity contribution is 0.476. The number of hydrogen-bond donors (Lipinski definition) is 1. The molecule has 4 rings (SSSR count). The van der Waals surface area contributed by atoms with E-state index in [2.05, 4.69) is 42.5 Å². The third-order valence-corrected chi connectivity index (χ3v) is 4.18. The Morgan fingerprint density at radius 1 is 0.636 bits per heavy atom. The van der Waals surface area contributed by atoms with Gasteiger partial charge >= 0.3 is 0 Å². The van der Waals surface area contributed by atoms with Gasteiger partial charge in [-0.25, -0.2) is 0 Å². The predicted octanol–water partition coefficient (Wildman–Crippen LogP) is 5.29. The SMILES string of the molecule is Oc1c(Cc2ccccc2)ccc2cc3ccccc3cc12. The van der Waals surface area contributed by atoms with Crippen molar-refractivity contribution in [2.45, 2.75) is 6.42 Å². The van der Waals surface area contributed by atoms with Crippen LogP contribution in [0.4, 0.5) is 0 Å². The summed E-state index contributed by atoms with van der Waals surface area (Å²) in [6.07, 6.45) is 0.745. The van der Waals surface area contributed by atoms with Gasteiger partial charge in [0.1, 0.15) is 5.75 Å². The molecule has 22 heavy (non-hydrogen) atoms. The zero-order valence-corrected chi connectivity index (χ0v) is 12.2. The van der Waals surface area contributed by atoms with Gasteiger partial charge in [-0.3, -0.25) is 0 Å². The minimum Gasteiger partial charge on any atom is -0.507 e. The highest BCUT2D eigenvalue weighted by Gasteiger charge is 2.08. The second kappa shape index (κ2) is 5.19. The number of benzene rings is 4. The summed E-state index contributed by atoms with van der Waals surface area (Å²) < 4.78 is 0. The molecule has 0 aliphatic carbocycles. The maximum absolute atomic E-state index is 10.7. The van der Waals surface area contributed by atoms with E-state index in [-0.39, 0.29) is 0 Å². The molecule has 4 aromatic carbocycles. The van der Waals surface area contributed by atoms with Crippen molar-refractivity contribution in [2.75, 3.05) is 0 Å². The molecule has 0 saturated heterocycles. The molecule has 4 aromatic rings. The summed E-state index contributed by atoms with van der Waals surface area (Å²) in [7, 11) is 0. The Morgan fingerprint density at radius 2 is 1.32 bits per heavy atom. The van der Waals surface area contributed by atoms with Gasteiger partial charge in [-0.2, -0.15) is 0 Å². The lowest BCUT2D eigenvalue weighted by Gasteiger charge is -2.10. The van der Waals surface area contributed by atoms with E-state index in [0.717, 1.165) is 28.1 Å². The van der Waals surface area contributed by atoms with Crippen molar-refractivity contribution in [3.8, 4) is 5.75 Å². The Balaban J connectivity index is 1.87. The van der Waals surface area contributed by atoms with Crippen LogP contribution in [0, 0.1) is 0 Å². The fourth-order valence-electron chi connectivity index (χ4n) is 3.00. The molecule has 0 spiro atoms. The highest BCUT2D eigenvalue weighted by molar-refractivity contribution is 6.01. The second-order valence-corrected chi connectivity index (χ2v) is 5.66. The first-order valence-electron chi connectivity index (χ1n) is 7.48. The fraction of sp³-hybridized carbons (Fsp3) is 0.0476. The van der Waals surface area contributed by atoms with E-state index in [1.165, 1.54) is 10.9 Å². The molecule has 0 saturated carbocycles. The van der Waals surface area contributed by atoms with E-state index in [0.29, 0.717) is 5.75 Å². The summed E-state index contributed by atoms with van der Waals surface area (Å²) in [5.41, 5.74) is 2.17. The first kappa shape index (κ1) is 12.9. The summed E-state index contributed by atoms with van der Waals surface area (Å²) in [6.45, 7) is 0. The van der Waals surface area contributed by atoms with Crippen LogP contribution < -0.4 is 0 Å². The van der Waals surface area contributed by atoms with Crippen LogP contribution in [0.15, 0.2) is 78.9 Å². The second-order valence-electron chi connectivity index (χ2n) is 5.66. The molecule has 0 radical (unpaired) electrons. The average Bonchev–Trinajstić information content (AvgIpc) is 2.57. The molecule has 0 unspecified atom stereocenters. The number of fused-ring (bicyclic) bond motifs is 2. The van der Waals surface area contributed by atoms with E-state index < -0.39 is 0 Å². The largest absolute Gasteiger partial charge is 0.507 e. The lowest BCUT2D eigenvalue weighted by Crippen LogP contribution is -1.89. The van der Waals surface area contributed by atoms with Crippen LogP contribution >= 0.6 is 0 Å². The molecule has 0 aromatic heterocycles. The molecule has 0 aliphatic heterocycles. The Morgan fingerprint density at radius 3 is 2.09 bits per heavy atom. The Kier molecular flexibility index (Phi) is 3.05. The van der Waals surface area contributed by atoms with Crippen LogP contribution in [-0.2, 0) is 6.42 Å². The number of phenolic OH excluding ortho intramolecular Hbond substituents is 1. The normalized spacial score (nSPS) is 11.1. The summed E-state index contributed by atoms with van der Waals surface area (Å²) in [5.74, 6) is 0.395. The molecule has 0 fully saturated rings. The van der Waals surface area contributed by atoms with Crippen molar-refractivity contribution in [1.29, 1.82) is 0 Å². The Bertz CT molecular complexity index is 955. The van der Waals surface area contributed by atoms with Gasteiger partial charge in [0.05, 0.1) is 0 Å². The van der Waals surface area contributed by atoms with Crippen LogP contribution in [0.5, 0.6) is 5.75 Å². The minimum atomic E-state index is 0.395. The smallest absolute Gasteiger partial charge is 0.126 e. The highest BCUT2D eigenvalue weighted by Crippen LogP contribution is 2.33. The molecule has 1 heteroatoms. The van der Waals surface area contributed by atoms with Gasteiger partial charge in [0.25, 0.3) is 0 Å². The van der Waals surface area contributed by atoms with E-state index >= 15 is 0 Å². The summed E-state index contributed by atoms with van der Waals surface area (Å²) in [4.78, 5) is 0. The van der Waals surface area contributed by atoms with E-state index in [1.54, 1.807) is 0 Å². The van der Waals surface area contributed by atoms with Crippen molar-refractivity contribution >= 4 is 21.5 Å². The topological polar surface area (TPSA) is 20.2 Å². The van der Waals surface area contributed by atoms with Crippen LogP contribution in [0.1, 0.15) is 11.1 Å². The maximum Gasteiger partial charge on any atom is 0.126 e. The van der Waals surface area contributed by atoms with Crippen LogP contribution in [0.3, 0.4) is 0 Å². The summed E-state index contributed by atoms with van der Waals surface area (Å²) in [5, 5.41) is 15.0. The van der Waals surface area contributed by atoms with E-state index in [9.17, 15) is 5.11 Å². The molecule has 0 aliphatic rings. The first-order valence-corrected chi connectivity index (χ1v) is 7.48. The molecular formula is C21H16O. The van der Waals surface area contributed by atoms with Crippen molar-refractivity contribution < 1.29 is 5.11 Å². The van der Waals surface area contributed by atoms with Crippen molar-refractivity contribution in [2.24, 2.45) is 0 Å². The van der Waals surface area contributed by atoms with Crippen LogP contribution in [0.25, 0.3) is 21.5 Å². The van der Waals surface area contributed by atoms with E-state index in [1.807, 2.05) is 36.4 Å². The molecule has 1 N–H and O–H groups in total. The fourth-order valence-corrected chi connectivity index (χ4v) is 3.00. The molecule has 106 valence electrons. The third-order valence-electron chi connectivity index (χ3n) is 4.18. The Labute approximate surface area is 129 Å². The quantitative estimate of drug-likeness (QED) is 0.496. The molecule has 0 heterocycles. The van der Waals surface area contributed by atoms with Crippen LogP contribution in [-0.4, -0.2) is 5.11 Å². The van der Waals surface area contributed by atoms with Crippen molar-refractivity contribution in [3.63, 3.8) is 0 Å². The standard InChI is InChI=1S/C21H16O/c22-21-19(12-15-6-2-1-3-7-15)11-10-18-13-16-8-4-5-9-17(16)14-20(18)21/h1-11,13-14,22H,12H2.